The van der Waals surface area contributed by atoms with Crippen molar-refractivity contribution < 1.29 is 9.90 Å². The number of hydrogen-bond donors (Lipinski definition) is 1. The molecule has 2 heteroatoms. The summed E-state index contributed by atoms with van der Waals surface area (Å²) in [5.74, 6) is 0. The minimum absolute atomic E-state index is 0.00771. The van der Waals surface area contributed by atoms with E-state index in [0.29, 0.717) is 5.57 Å². The van der Waals surface area contributed by atoms with Crippen LogP contribution in [0.25, 0.3) is 0 Å². The summed E-state index contributed by atoms with van der Waals surface area (Å²) in [6.07, 6.45) is 26.6. The fourth-order valence-electron chi connectivity index (χ4n) is 3.72. The molecule has 0 aromatic carbocycles. The summed E-state index contributed by atoms with van der Waals surface area (Å²) in [6.45, 7) is 14.5. The Labute approximate surface area is 195 Å². The van der Waals surface area contributed by atoms with Gasteiger partial charge in [-0.1, -0.05) is 109 Å². The van der Waals surface area contributed by atoms with E-state index in [0.717, 1.165) is 24.7 Å². The van der Waals surface area contributed by atoms with Crippen LogP contribution >= 0.6 is 0 Å². The monoisotopic (exact) mass is 432 g/mol. The Hall–Kier alpha value is -2.71. The first kappa shape index (κ1) is 27.3. The summed E-state index contributed by atoms with van der Waals surface area (Å²) in [6, 6.07) is 0. The second kappa shape index (κ2) is 13.6. The molecule has 1 rings (SSSR count). The van der Waals surface area contributed by atoms with Crippen molar-refractivity contribution in [3.05, 3.63) is 106 Å². The van der Waals surface area contributed by atoms with E-state index in [1.54, 1.807) is 13.0 Å². The van der Waals surface area contributed by atoms with E-state index in [-0.39, 0.29) is 11.5 Å². The van der Waals surface area contributed by atoms with Gasteiger partial charge in [0.05, 0.1) is 6.10 Å². The number of carbonyl (C=O) groups is 1. The van der Waals surface area contributed by atoms with Crippen molar-refractivity contribution in [1.29, 1.82) is 0 Å². The summed E-state index contributed by atoms with van der Waals surface area (Å²) < 4.78 is 0. The maximum absolute atomic E-state index is 10.6. The molecule has 0 radical (unpaired) electrons. The average Bonchev–Trinajstić information content (AvgIpc) is 2.69. The van der Waals surface area contributed by atoms with Gasteiger partial charge in [-0.15, -0.1) is 0 Å². The van der Waals surface area contributed by atoms with E-state index in [1.807, 2.05) is 37.3 Å². The molecular weight excluding hydrogens is 392 g/mol. The molecule has 1 atom stereocenters. The molecule has 0 bridgehead atoms. The highest BCUT2D eigenvalue weighted by molar-refractivity contribution is 5.72. The van der Waals surface area contributed by atoms with E-state index < -0.39 is 0 Å². The van der Waals surface area contributed by atoms with Crippen molar-refractivity contribution in [2.75, 3.05) is 0 Å². The van der Waals surface area contributed by atoms with Crippen LogP contribution in [0, 0.1) is 5.41 Å². The molecule has 0 aliphatic heterocycles. The fraction of sp³-hybridized carbons (Fsp3) is 0.367. The maximum atomic E-state index is 10.6. The normalized spacial score (nSPS) is 21.7. The summed E-state index contributed by atoms with van der Waals surface area (Å²) in [5, 5.41) is 10.0. The topological polar surface area (TPSA) is 37.3 Å². The summed E-state index contributed by atoms with van der Waals surface area (Å²) in [4.78, 5) is 10.6. The quantitative estimate of drug-likeness (QED) is 0.230. The van der Waals surface area contributed by atoms with E-state index in [2.05, 4.69) is 71.1 Å². The smallest absolute Gasteiger partial charge is 0.145 e. The Morgan fingerprint density at radius 3 is 1.78 bits per heavy atom. The fourth-order valence-corrected chi connectivity index (χ4v) is 3.72. The van der Waals surface area contributed by atoms with Crippen LogP contribution in [0.3, 0.4) is 0 Å². The lowest BCUT2D eigenvalue weighted by Crippen LogP contribution is -2.28. The predicted molar refractivity (Wildman–Crippen MR) is 139 cm³/mol. The van der Waals surface area contributed by atoms with Crippen LogP contribution < -0.4 is 0 Å². The van der Waals surface area contributed by atoms with Crippen LogP contribution in [0.1, 0.15) is 61.3 Å². The molecule has 0 saturated carbocycles. The Balaban J connectivity index is 2.68. The summed E-state index contributed by atoms with van der Waals surface area (Å²) in [5.41, 5.74) is 6.81. The SMILES string of the molecule is CC(C=O)=CC=CC(C)=CC=CC=C(C)C=CC=C(C)C=CC1=C(C)CC(O)CC1(C)C. The number of hydrogen-bond acceptors (Lipinski definition) is 2. The average molecular weight is 433 g/mol. The van der Waals surface area contributed by atoms with Gasteiger partial charge in [0.2, 0.25) is 0 Å². The molecular formula is C30H40O2. The second-order valence-corrected chi connectivity index (χ2v) is 9.34. The third-order valence-electron chi connectivity index (χ3n) is 5.44. The van der Waals surface area contributed by atoms with Crippen molar-refractivity contribution in [3.63, 3.8) is 0 Å². The molecule has 0 spiro atoms. The zero-order valence-electron chi connectivity index (χ0n) is 20.9. The lowest BCUT2D eigenvalue weighted by molar-refractivity contribution is -0.104. The van der Waals surface area contributed by atoms with E-state index in [1.165, 1.54) is 22.3 Å². The predicted octanol–water partition coefficient (Wildman–Crippen LogP) is 7.69. The van der Waals surface area contributed by atoms with Crippen molar-refractivity contribution in [1.82, 2.24) is 0 Å². The number of aliphatic hydroxyl groups is 1. The van der Waals surface area contributed by atoms with Crippen LogP contribution in [0.4, 0.5) is 0 Å². The lowest BCUT2D eigenvalue weighted by atomic mass is 9.71. The second-order valence-electron chi connectivity index (χ2n) is 9.34. The van der Waals surface area contributed by atoms with Crippen LogP contribution in [0.2, 0.25) is 0 Å². The molecule has 1 N–H and O–H groups in total. The largest absolute Gasteiger partial charge is 0.393 e. The molecule has 0 aromatic heterocycles. The summed E-state index contributed by atoms with van der Waals surface area (Å²) in [7, 11) is 0. The van der Waals surface area contributed by atoms with Crippen molar-refractivity contribution in [2.45, 2.75) is 67.4 Å². The minimum Gasteiger partial charge on any atom is -0.393 e. The Bertz CT molecular complexity index is 922. The molecule has 0 saturated heterocycles. The van der Waals surface area contributed by atoms with Gasteiger partial charge in [0, 0.05) is 0 Å². The molecule has 0 aromatic rings. The Morgan fingerprint density at radius 1 is 0.812 bits per heavy atom. The molecule has 0 amide bonds. The van der Waals surface area contributed by atoms with Crippen LogP contribution in [-0.4, -0.2) is 17.5 Å². The van der Waals surface area contributed by atoms with Crippen molar-refractivity contribution >= 4 is 6.29 Å². The molecule has 1 aliphatic rings. The van der Waals surface area contributed by atoms with E-state index in [9.17, 15) is 9.90 Å². The minimum atomic E-state index is -0.226. The van der Waals surface area contributed by atoms with Gasteiger partial charge in [-0.25, -0.2) is 0 Å². The highest BCUT2D eigenvalue weighted by atomic mass is 16.3. The molecule has 32 heavy (non-hydrogen) atoms. The van der Waals surface area contributed by atoms with Crippen LogP contribution in [0.5, 0.6) is 0 Å². The number of allylic oxidation sites excluding steroid dienone is 17. The molecule has 0 fully saturated rings. The van der Waals surface area contributed by atoms with Gasteiger partial charge in [-0.05, 0) is 64.0 Å². The maximum Gasteiger partial charge on any atom is 0.145 e. The number of aliphatic hydroxyl groups excluding tert-OH is 1. The van der Waals surface area contributed by atoms with Crippen molar-refractivity contribution in [2.24, 2.45) is 5.41 Å². The molecule has 172 valence electrons. The van der Waals surface area contributed by atoms with Gasteiger partial charge in [0.1, 0.15) is 6.29 Å². The first-order valence-corrected chi connectivity index (χ1v) is 11.3. The number of aldehydes is 1. The van der Waals surface area contributed by atoms with Gasteiger partial charge in [0.25, 0.3) is 0 Å². The standard InChI is InChI=1S/C30H40O2/c1-23(12-8-9-13-24(2)15-11-17-26(4)22-31)14-10-16-25(3)18-19-29-27(5)20-28(32)21-30(29,6)7/h8-19,22,28,32H,20-21H2,1-7H3. The van der Waals surface area contributed by atoms with E-state index >= 15 is 0 Å². The summed E-state index contributed by atoms with van der Waals surface area (Å²) >= 11 is 0. The third kappa shape index (κ3) is 10.5. The highest BCUT2D eigenvalue weighted by Crippen LogP contribution is 2.41. The van der Waals surface area contributed by atoms with Crippen LogP contribution in [-0.2, 0) is 4.79 Å². The van der Waals surface area contributed by atoms with Gasteiger partial charge in [-0.2, -0.15) is 0 Å². The number of rotatable bonds is 9. The van der Waals surface area contributed by atoms with Gasteiger partial charge < -0.3 is 5.11 Å². The third-order valence-corrected chi connectivity index (χ3v) is 5.44. The zero-order chi connectivity index (χ0) is 24.1. The number of carbonyl (C=O) groups excluding carboxylic acids is 1. The molecule has 0 heterocycles. The van der Waals surface area contributed by atoms with Gasteiger partial charge >= 0.3 is 0 Å². The molecule has 1 aliphatic carbocycles. The van der Waals surface area contributed by atoms with E-state index in [4.69, 9.17) is 0 Å². The van der Waals surface area contributed by atoms with Gasteiger partial charge in [0.15, 0.2) is 0 Å². The van der Waals surface area contributed by atoms with Gasteiger partial charge in [-0.3, -0.25) is 4.79 Å². The first-order chi connectivity index (χ1) is 15.0. The Kier molecular flexibility index (Phi) is 11.7. The lowest BCUT2D eigenvalue weighted by Gasteiger charge is -2.35. The van der Waals surface area contributed by atoms with Crippen molar-refractivity contribution in [3.8, 4) is 0 Å². The first-order valence-electron chi connectivity index (χ1n) is 11.3. The molecule has 2 nitrogen and oxygen atoms in total. The highest BCUT2D eigenvalue weighted by Gasteiger charge is 2.31. The van der Waals surface area contributed by atoms with Crippen LogP contribution in [0.15, 0.2) is 106 Å². The molecule has 1 unspecified atom stereocenters. The zero-order valence-corrected chi connectivity index (χ0v) is 20.9. The Morgan fingerprint density at radius 2 is 1.28 bits per heavy atom.